The van der Waals surface area contributed by atoms with Gasteiger partial charge in [-0.2, -0.15) is 0 Å². The van der Waals surface area contributed by atoms with Gasteiger partial charge in [-0.05, 0) is 50.2 Å². The summed E-state index contributed by atoms with van der Waals surface area (Å²) in [5, 5.41) is 41.1. The molecule has 0 bridgehead atoms. The van der Waals surface area contributed by atoms with Crippen molar-refractivity contribution >= 4 is 12.0 Å². The number of benzene rings is 2. The maximum Gasteiger partial charge on any atom is 0.407 e. The Balaban J connectivity index is 2.06. The number of rotatable bonds is 13. The van der Waals surface area contributed by atoms with Gasteiger partial charge in [0.2, 0.25) is 5.91 Å². The summed E-state index contributed by atoms with van der Waals surface area (Å²) in [6.07, 6.45) is -3.16. The summed E-state index contributed by atoms with van der Waals surface area (Å²) in [4.78, 5) is 25.2. The Morgan fingerprint density at radius 2 is 1.15 bits per heavy atom. The van der Waals surface area contributed by atoms with Crippen LogP contribution in [0.3, 0.4) is 0 Å². The van der Waals surface area contributed by atoms with E-state index in [0.717, 1.165) is 11.1 Å². The van der Waals surface area contributed by atoms with Gasteiger partial charge in [0.15, 0.2) is 0 Å². The van der Waals surface area contributed by atoms with Gasteiger partial charge >= 0.3 is 6.09 Å². The first-order chi connectivity index (χ1) is 18.7. The van der Waals surface area contributed by atoms with Crippen molar-refractivity contribution in [2.75, 3.05) is 13.1 Å². The van der Waals surface area contributed by atoms with Crippen LogP contribution >= 0.6 is 0 Å². The number of nitrogens with one attached hydrogen (secondary N) is 3. The topological polar surface area (TPSA) is 140 Å². The van der Waals surface area contributed by atoms with Gasteiger partial charge in [-0.1, -0.05) is 81.4 Å². The molecule has 0 saturated heterocycles. The summed E-state index contributed by atoms with van der Waals surface area (Å²) in [6, 6.07) is 17.6. The molecule has 9 heteroatoms. The molecule has 0 aliphatic rings. The highest BCUT2D eigenvalue weighted by molar-refractivity contribution is 5.81. The van der Waals surface area contributed by atoms with E-state index >= 15 is 0 Å². The van der Waals surface area contributed by atoms with Crippen molar-refractivity contribution in [1.82, 2.24) is 16.0 Å². The van der Waals surface area contributed by atoms with Crippen LogP contribution in [0, 0.1) is 5.41 Å². The van der Waals surface area contributed by atoms with Crippen LogP contribution in [0.1, 0.15) is 52.7 Å². The molecular formula is C31H47N3O6. The first-order valence-electron chi connectivity index (χ1n) is 13.8. The third kappa shape index (κ3) is 12.0. The third-order valence-electron chi connectivity index (χ3n) is 6.33. The van der Waals surface area contributed by atoms with Gasteiger partial charge in [0, 0.05) is 13.1 Å². The van der Waals surface area contributed by atoms with Gasteiger partial charge in [0.1, 0.15) is 11.7 Å². The van der Waals surface area contributed by atoms with Crippen LogP contribution in [-0.2, 0) is 22.4 Å². The van der Waals surface area contributed by atoms with Crippen molar-refractivity contribution in [2.24, 2.45) is 5.41 Å². The normalized spacial score (nSPS) is 15.8. The molecule has 2 aromatic rings. The van der Waals surface area contributed by atoms with Crippen molar-refractivity contribution in [2.45, 2.75) is 90.4 Å². The fourth-order valence-electron chi connectivity index (χ4n) is 4.08. The SMILES string of the molecule is CC(C)(C)OC(=O)N[C@@H](Cc1ccccc1)[C@H](O)CNC[C@@H](O)[C@H](Cc1ccccc1)NC(=O)C(O)C(C)(C)C. The summed E-state index contributed by atoms with van der Waals surface area (Å²) in [5.41, 5.74) is 0.504. The number of aliphatic hydroxyl groups excluding tert-OH is 3. The first-order valence-corrected chi connectivity index (χ1v) is 13.8. The van der Waals surface area contributed by atoms with Crippen LogP contribution < -0.4 is 16.0 Å². The molecule has 2 amide bonds. The summed E-state index contributed by atoms with van der Waals surface area (Å²) >= 11 is 0. The van der Waals surface area contributed by atoms with E-state index in [1.165, 1.54) is 0 Å². The highest BCUT2D eigenvalue weighted by Crippen LogP contribution is 2.19. The van der Waals surface area contributed by atoms with E-state index in [1.54, 1.807) is 41.5 Å². The minimum atomic E-state index is -1.24. The Labute approximate surface area is 238 Å². The average Bonchev–Trinajstić information content (AvgIpc) is 2.86. The van der Waals surface area contributed by atoms with E-state index in [2.05, 4.69) is 16.0 Å². The molecule has 5 atom stereocenters. The van der Waals surface area contributed by atoms with E-state index in [9.17, 15) is 24.9 Å². The number of ether oxygens (including phenoxy) is 1. The quantitative estimate of drug-likeness (QED) is 0.222. The van der Waals surface area contributed by atoms with Crippen LogP contribution in [0.15, 0.2) is 60.7 Å². The minimum Gasteiger partial charge on any atom is -0.444 e. The molecular weight excluding hydrogens is 510 g/mol. The molecule has 40 heavy (non-hydrogen) atoms. The number of carbonyl (C=O) groups is 2. The molecule has 0 radical (unpaired) electrons. The van der Waals surface area contributed by atoms with E-state index in [-0.39, 0.29) is 13.1 Å². The Hall–Kier alpha value is -2.98. The van der Waals surface area contributed by atoms with Crippen LogP contribution in [0.5, 0.6) is 0 Å². The fourth-order valence-corrected chi connectivity index (χ4v) is 4.08. The van der Waals surface area contributed by atoms with Gasteiger partial charge in [0.25, 0.3) is 0 Å². The number of hydrogen-bond donors (Lipinski definition) is 6. The van der Waals surface area contributed by atoms with Crippen LogP contribution in [0.4, 0.5) is 4.79 Å². The molecule has 0 aliphatic carbocycles. The number of hydrogen-bond acceptors (Lipinski definition) is 7. The van der Waals surface area contributed by atoms with Crippen LogP contribution in [0.25, 0.3) is 0 Å². The summed E-state index contributed by atoms with van der Waals surface area (Å²) in [7, 11) is 0. The Morgan fingerprint density at radius 1 is 0.725 bits per heavy atom. The number of carbonyl (C=O) groups excluding carboxylic acids is 2. The second kappa shape index (κ2) is 15.1. The number of alkyl carbamates (subject to hydrolysis) is 1. The Morgan fingerprint density at radius 3 is 1.55 bits per heavy atom. The molecule has 2 aromatic carbocycles. The molecule has 0 saturated carbocycles. The molecule has 6 N–H and O–H groups in total. The zero-order valence-corrected chi connectivity index (χ0v) is 24.6. The number of amides is 2. The molecule has 1 unspecified atom stereocenters. The smallest absolute Gasteiger partial charge is 0.407 e. The maximum absolute atomic E-state index is 12.8. The van der Waals surface area contributed by atoms with Crippen molar-refractivity contribution in [3.05, 3.63) is 71.8 Å². The third-order valence-corrected chi connectivity index (χ3v) is 6.33. The van der Waals surface area contributed by atoms with Gasteiger partial charge in [0.05, 0.1) is 24.3 Å². The predicted octanol–water partition coefficient (Wildman–Crippen LogP) is 2.57. The van der Waals surface area contributed by atoms with E-state index in [4.69, 9.17) is 4.74 Å². The zero-order valence-electron chi connectivity index (χ0n) is 24.6. The van der Waals surface area contributed by atoms with Crippen LogP contribution in [-0.4, -0.2) is 76.4 Å². The maximum atomic E-state index is 12.8. The van der Waals surface area contributed by atoms with Gasteiger partial charge in [-0.15, -0.1) is 0 Å². The molecule has 222 valence electrons. The second-order valence-electron chi connectivity index (χ2n) is 12.3. The highest BCUT2D eigenvalue weighted by Gasteiger charge is 2.32. The van der Waals surface area contributed by atoms with E-state index < -0.39 is 53.4 Å². The largest absolute Gasteiger partial charge is 0.444 e. The lowest BCUT2D eigenvalue weighted by molar-refractivity contribution is -0.136. The molecule has 0 aliphatic heterocycles. The van der Waals surface area contributed by atoms with E-state index in [0.29, 0.717) is 12.8 Å². The second-order valence-corrected chi connectivity index (χ2v) is 12.3. The van der Waals surface area contributed by atoms with Crippen molar-refractivity contribution < 1.29 is 29.6 Å². The molecule has 9 nitrogen and oxygen atoms in total. The van der Waals surface area contributed by atoms with Gasteiger partial charge in [-0.3, -0.25) is 4.79 Å². The summed E-state index contributed by atoms with van der Waals surface area (Å²) in [5.74, 6) is -0.558. The Bertz CT molecular complexity index is 1040. The van der Waals surface area contributed by atoms with Crippen molar-refractivity contribution in [3.63, 3.8) is 0 Å². The van der Waals surface area contributed by atoms with Gasteiger partial charge in [-0.25, -0.2) is 4.79 Å². The molecule has 0 fully saturated rings. The van der Waals surface area contributed by atoms with Crippen LogP contribution in [0.2, 0.25) is 0 Å². The van der Waals surface area contributed by atoms with Crippen molar-refractivity contribution in [3.8, 4) is 0 Å². The lowest BCUT2D eigenvalue weighted by Gasteiger charge is -2.30. The summed E-state index contributed by atoms with van der Waals surface area (Å²) in [6.45, 7) is 10.7. The van der Waals surface area contributed by atoms with E-state index in [1.807, 2.05) is 60.7 Å². The minimum absolute atomic E-state index is 0.0605. The Kier molecular flexibility index (Phi) is 12.6. The molecule has 0 spiro atoms. The zero-order chi connectivity index (χ0) is 29.9. The summed E-state index contributed by atoms with van der Waals surface area (Å²) < 4.78 is 5.38. The fraction of sp³-hybridized carbons (Fsp3) is 0.548. The lowest BCUT2D eigenvalue weighted by Crippen LogP contribution is -2.54. The lowest BCUT2D eigenvalue weighted by atomic mass is 9.88. The monoisotopic (exact) mass is 557 g/mol. The first kappa shape index (κ1) is 33.2. The standard InChI is InChI=1S/C31H47N3O6/c1-30(2,3)27(37)28(38)33-23(17-21-13-9-7-10-14-21)25(35)19-32-20-26(36)24(18-22-15-11-8-12-16-22)34-29(39)40-31(4,5)6/h7-16,23-27,32,35-37H,17-20H2,1-6H3,(H,33,38)(H,34,39)/t23-,24-,25+,26+,27?/m0/s1. The van der Waals surface area contributed by atoms with Crippen molar-refractivity contribution in [1.29, 1.82) is 0 Å². The molecule has 0 heterocycles. The average molecular weight is 558 g/mol. The predicted molar refractivity (Wildman–Crippen MR) is 156 cm³/mol. The molecule has 2 rings (SSSR count). The molecule has 0 aromatic heterocycles. The highest BCUT2D eigenvalue weighted by atomic mass is 16.6. The number of aliphatic hydroxyl groups is 3. The van der Waals surface area contributed by atoms with Gasteiger partial charge < -0.3 is 36.0 Å².